The van der Waals surface area contributed by atoms with Gasteiger partial charge in [-0.05, 0) is 44.9 Å². The standard InChI is InChI=1S/C32H66O.C18H34O/c1-3-5-7-9-11-13-15-17-19-21-23-25-27-29-31-33-32-30-28-26-24-22-20-18-16-14-12-10-8-6-4-2;1-2-3-4-5-6-7-8-9-10-11-12-13-14-15-16-17-18-19/h3-32H2,1-2H3;9-10,18H,2-8,11-17H2,1H3. The summed E-state index contributed by atoms with van der Waals surface area (Å²) in [6.45, 7) is 8.86. The third kappa shape index (κ3) is 56.1. The van der Waals surface area contributed by atoms with Crippen molar-refractivity contribution in [1.29, 1.82) is 0 Å². The van der Waals surface area contributed by atoms with Gasteiger partial charge in [0.1, 0.15) is 6.29 Å². The molecule has 0 amide bonds. The third-order valence-corrected chi connectivity index (χ3v) is 10.9. The number of hydrogen-bond acceptors (Lipinski definition) is 2. The van der Waals surface area contributed by atoms with Crippen LogP contribution in [0.25, 0.3) is 0 Å². The van der Waals surface area contributed by atoms with Crippen LogP contribution in [0.1, 0.15) is 290 Å². The lowest BCUT2D eigenvalue weighted by molar-refractivity contribution is -0.107. The van der Waals surface area contributed by atoms with Crippen molar-refractivity contribution in [2.24, 2.45) is 0 Å². The van der Waals surface area contributed by atoms with E-state index in [1.807, 2.05) is 0 Å². The molecule has 0 saturated carbocycles. The maximum absolute atomic E-state index is 10.1. The van der Waals surface area contributed by atoms with Gasteiger partial charge in [-0.2, -0.15) is 0 Å². The predicted molar refractivity (Wildman–Crippen MR) is 237 cm³/mol. The van der Waals surface area contributed by atoms with Crippen LogP contribution in [-0.4, -0.2) is 19.5 Å². The lowest BCUT2D eigenvalue weighted by atomic mass is 10.0. The average Bonchev–Trinajstić information content (AvgIpc) is 3.16. The van der Waals surface area contributed by atoms with E-state index in [9.17, 15) is 4.79 Å². The first-order valence-corrected chi connectivity index (χ1v) is 24.5. The zero-order valence-electron chi connectivity index (χ0n) is 36.7. The second-order valence-electron chi connectivity index (χ2n) is 16.3. The van der Waals surface area contributed by atoms with Crippen LogP contribution in [0, 0.1) is 0 Å². The second-order valence-corrected chi connectivity index (χ2v) is 16.3. The van der Waals surface area contributed by atoms with Gasteiger partial charge in [-0.15, -0.1) is 0 Å². The van der Waals surface area contributed by atoms with Gasteiger partial charge in [-0.3, -0.25) is 0 Å². The summed E-state index contributed by atoms with van der Waals surface area (Å²) in [7, 11) is 0. The number of carbonyl (C=O) groups is 1. The topological polar surface area (TPSA) is 26.3 Å². The zero-order valence-corrected chi connectivity index (χ0v) is 36.7. The van der Waals surface area contributed by atoms with Gasteiger partial charge < -0.3 is 9.53 Å². The van der Waals surface area contributed by atoms with Gasteiger partial charge in [0, 0.05) is 19.6 Å². The largest absolute Gasteiger partial charge is 0.381 e. The Morgan fingerprint density at radius 1 is 0.269 bits per heavy atom. The number of ether oxygens (including phenoxy) is 1. The Labute approximate surface area is 330 Å². The lowest BCUT2D eigenvalue weighted by Crippen LogP contribution is -1.97. The van der Waals surface area contributed by atoms with Crippen LogP contribution in [0.15, 0.2) is 12.2 Å². The summed E-state index contributed by atoms with van der Waals surface area (Å²) in [6.07, 6.45) is 63.7. The number of rotatable bonds is 45. The number of hydrogen-bond donors (Lipinski definition) is 0. The van der Waals surface area contributed by atoms with Crippen LogP contribution in [0.3, 0.4) is 0 Å². The lowest BCUT2D eigenvalue weighted by Gasteiger charge is -2.05. The van der Waals surface area contributed by atoms with E-state index in [4.69, 9.17) is 4.74 Å². The van der Waals surface area contributed by atoms with E-state index in [-0.39, 0.29) is 0 Å². The fourth-order valence-corrected chi connectivity index (χ4v) is 7.20. The molecule has 0 aliphatic rings. The van der Waals surface area contributed by atoms with Crippen molar-refractivity contribution >= 4 is 6.29 Å². The molecule has 0 aromatic heterocycles. The minimum atomic E-state index is 0.748. The minimum Gasteiger partial charge on any atom is -0.381 e. The first-order valence-electron chi connectivity index (χ1n) is 24.5. The molecular formula is C50H100O2. The second kappa shape index (κ2) is 54.7. The summed E-state index contributed by atoms with van der Waals surface area (Å²) in [5.74, 6) is 0. The highest BCUT2D eigenvalue weighted by Crippen LogP contribution is 2.15. The van der Waals surface area contributed by atoms with E-state index in [1.54, 1.807) is 0 Å². The third-order valence-electron chi connectivity index (χ3n) is 10.9. The molecule has 0 spiro atoms. The van der Waals surface area contributed by atoms with Gasteiger partial charge in [0.25, 0.3) is 0 Å². The van der Waals surface area contributed by atoms with E-state index < -0.39 is 0 Å². The molecule has 0 saturated heterocycles. The zero-order chi connectivity index (χ0) is 37.9. The molecule has 0 unspecified atom stereocenters. The Morgan fingerprint density at radius 3 is 0.731 bits per heavy atom. The van der Waals surface area contributed by atoms with E-state index >= 15 is 0 Å². The van der Waals surface area contributed by atoms with Crippen LogP contribution in [0.5, 0.6) is 0 Å². The van der Waals surface area contributed by atoms with Gasteiger partial charge >= 0.3 is 0 Å². The molecule has 0 rings (SSSR count). The predicted octanol–water partition coefficient (Wildman–Crippen LogP) is 18.2. The maximum atomic E-state index is 10.1. The molecule has 0 aromatic carbocycles. The number of carbonyl (C=O) groups excluding carboxylic acids is 1. The van der Waals surface area contributed by atoms with Gasteiger partial charge in [0.2, 0.25) is 0 Å². The van der Waals surface area contributed by atoms with Crippen molar-refractivity contribution in [3.63, 3.8) is 0 Å². The number of aldehydes is 1. The molecule has 52 heavy (non-hydrogen) atoms. The molecule has 0 bridgehead atoms. The smallest absolute Gasteiger partial charge is 0.119 e. The molecule has 312 valence electrons. The average molecular weight is 733 g/mol. The van der Waals surface area contributed by atoms with Gasteiger partial charge in [-0.25, -0.2) is 0 Å². The van der Waals surface area contributed by atoms with Crippen molar-refractivity contribution in [3.05, 3.63) is 12.2 Å². The summed E-state index contributed by atoms with van der Waals surface area (Å²) in [4.78, 5) is 10.1. The Hall–Kier alpha value is -0.630. The molecule has 0 radical (unpaired) electrons. The summed E-state index contributed by atoms with van der Waals surface area (Å²) in [6, 6.07) is 0. The fraction of sp³-hybridized carbons (Fsp3) is 0.940. The molecule has 2 nitrogen and oxygen atoms in total. The fourth-order valence-electron chi connectivity index (χ4n) is 7.20. The molecule has 0 atom stereocenters. The first kappa shape index (κ1) is 53.5. The minimum absolute atomic E-state index is 0.748. The first-order chi connectivity index (χ1) is 25.8. The van der Waals surface area contributed by atoms with Crippen molar-refractivity contribution in [3.8, 4) is 0 Å². The Bertz CT molecular complexity index is 583. The number of allylic oxidation sites excluding steroid dienone is 2. The molecule has 0 aliphatic carbocycles. The van der Waals surface area contributed by atoms with Gasteiger partial charge in [0.15, 0.2) is 0 Å². The highest BCUT2D eigenvalue weighted by Gasteiger charge is 1.97. The van der Waals surface area contributed by atoms with Crippen LogP contribution >= 0.6 is 0 Å². The SMILES string of the molecule is CCCCCCCCC=CCCCCCCCC=O.CCCCCCCCCCCCCCCCOCCCCCCCCCCCCCCCC. The highest BCUT2D eigenvalue weighted by atomic mass is 16.5. The van der Waals surface area contributed by atoms with Gasteiger partial charge in [0.05, 0.1) is 0 Å². The van der Waals surface area contributed by atoms with Crippen molar-refractivity contribution in [1.82, 2.24) is 0 Å². The van der Waals surface area contributed by atoms with E-state index in [0.717, 1.165) is 32.3 Å². The van der Waals surface area contributed by atoms with E-state index in [1.165, 1.54) is 257 Å². The maximum Gasteiger partial charge on any atom is 0.119 e. The van der Waals surface area contributed by atoms with E-state index in [2.05, 4.69) is 32.9 Å². The summed E-state index contributed by atoms with van der Waals surface area (Å²) < 4.78 is 5.85. The monoisotopic (exact) mass is 733 g/mol. The summed E-state index contributed by atoms with van der Waals surface area (Å²) in [5.41, 5.74) is 0. The molecule has 0 heterocycles. The molecule has 0 aromatic rings. The summed E-state index contributed by atoms with van der Waals surface area (Å²) >= 11 is 0. The molecule has 0 fully saturated rings. The van der Waals surface area contributed by atoms with Gasteiger partial charge in [-0.1, -0.05) is 251 Å². The Balaban J connectivity index is 0. The Morgan fingerprint density at radius 2 is 0.481 bits per heavy atom. The normalized spacial score (nSPS) is 11.4. The van der Waals surface area contributed by atoms with Crippen LogP contribution in [0.2, 0.25) is 0 Å². The summed E-state index contributed by atoms with van der Waals surface area (Å²) in [5, 5.41) is 0. The van der Waals surface area contributed by atoms with Crippen molar-refractivity contribution in [2.45, 2.75) is 290 Å². The number of unbranched alkanes of at least 4 members (excludes halogenated alkanes) is 38. The molecule has 2 heteroatoms. The molecule has 0 aliphatic heterocycles. The Kier molecular flexibility index (Phi) is 56.3. The molecular weight excluding hydrogens is 633 g/mol. The van der Waals surface area contributed by atoms with Crippen LogP contribution in [-0.2, 0) is 9.53 Å². The van der Waals surface area contributed by atoms with Crippen molar-refractivity contribution in [2.75, 3.05) is 13.2 Å². The molecule has 0 N–H and O–H groups in total. The van der Waals surface area contributed by atoms with E-state index in [0.29, 0.717) is 0 Å². The van der Waals surface area contributed by atoms with Crippen molar-refractivity contribution < 1.29 is 9.53 Å². The quantitative estimate of drug-likeness (QED) is 0.0354. The van der Waals surface area contributed by atoms with Crippen LogP contribution < -0.4 is 0 Å². The highest BCUT2D eigenvalue weighted by molar-refractivity contribution is 5.48. The van der Waals surface area contributed by atoms with Crippen LogP contribution in [0.4, 0.5) is 0 Å².